The fourth-order valence-electron chi connectivity index (χ4n) is 3.38. The fourth-order valence-corrected chi connectivity index (χ4v) is 3.38. The summed E-state index contributed by atoms with van der Waals surface area (Å²) >= 11 is 0. The first-order chi connectivity index (χ1) is 11.4. The minimum Gasteiger partial charge on any atom is -0.481 e. The Hall–Kier alpha value is -2.03. The summed E-state index contributed by atoms with van der Waals surface area (Å²) < 4.78 is 5.72. The second-order valence-corrected chi connectivity index (χ2v) is 7.09. The zero-order valence-electron chi connectivity index (χ0n) is 14.8. The molecule has 0 aromatic carbocycles. The van der Waals surface area contributed by atoms with Gasteiger partial charge < -0.3 is 9.52 Å². The van der Waals surface area contributed by atoms with E-state index < -0.39 is 5.97 Å². The van der Waals surface area contributed by atoms with E-state index in [4.69, 9.17) is 9.52 Å². The van der Waals surface area contributed by atoms with Crippen molar-refractivity contribution < 1.29 is 14.3 Å². The van der Waals surface area contributed by atoms with Crippen LogP contribution in [0.3, 0.4) is 0 Å². The monoisotopic (exact) mass is 328 g/mol. The summed E-state index contributed by atoms with van der Waals surface area (Å²) in [7, 11) is 0. The summed E-state index contributed by atoms with van der Waals surface area (Å²) in [5.41, 5.74) is 3.43. The molecule has 0 spiro atoms. The molecule has 1 aromatic heterocycles. The molecule has 0 saturated heterocycles. The van der Waals surface area contributed by atoms with Gasteiger partial charge in [0.25, 0.3) is 0 Å². The summed E-state index contributed by atoms with van der Waals surface area (Å²) in [6.45, 7) is 8.17. The van der Waals surface area contributed by atoms with Crippen molar-refractivity contribution in [2.45, 2.75) is 64.2 Å². The number of carboxylic acid groups (broad SMARTS) is 1. The number of carbonyl (C=O) groups is 1. The SMILES string of the molecule is C=C(CCCC(C)=CC=C[C@]1(C)CCCc2ccoc21)CC(=O)O. The molecule has 1 aromatic rings. The lowest BCUT2D eigenvalue weighted by atomic mass is 9.75. The highest BCUT2D eigenvalue weighted by atomic mass is 16.4. The van der Waals surface area contributed by atoms with Gasteiger partial charge in [0, 0.05) is 5.41 Å². The van der Waals surface area contributed by atoms with Crippen LogP contribution in [0, 0.1) is 0 Å². The lowest BCUT2D eigenvalue weighted by Crippen LogP contribution is -2.23. The van der Waals surface area contributed by atoms with Gasteiger partial charge in [-0.15, -0.1) is 0 Å². The zero-order valence-corrected chi connectivity index (χ0v) is 14.8. The Morgan fingerprint density at radius 3 is 3.00 bits per heavy atom. The van der Waals surface area contributed by atoms with Crippen molar-refractivity contribution in [2.75, 3.05) is 0 Å². The van der Waals surface area contributed by atoms with Gasteiger partial charge in [0.15, 0.2) is 0 Å². The van der Waals surface area contributed by atoms with Gasteiger partial charge in [0.05, 0.1) is 12.7 Å². The van der Waals surface area contributed by atoms with Crippen molar-refractivity contribution in [3.8, 4) is 0 Å². The lowest BCUT2D eigenvalue weighted by Gasteiger charge is -2.29. The van der Waals surface area contributed by atoms with E-state index in [1.54, 1.807) is 6.26 Å². The van der Waals surface area contributed by atoms with Crippen LogP contribution in [0.25, 0.3) is 0 Å². The number of hydrogen-bond donors (Lipinski definition) is 1. The molecule has 0 aliphatic heterocycles. The molecule has 0 bridgehead atoms. The molecule has 2 rings (SSSR count). The van der Waals surface area contributed by atoms with Crippen LogP contribution >= 0.6 is 0 Å². The molecule has 0 amide bonds. The van der Waals surface area contributed by atoms with Crippen LogP contribution < -0.4 is 0 Å². The highest BCUT2D eigenvalue weighted by molar-refractivity contribution is 5.69. The molecule has 0 unspecified atom stereocenters. The van der Waals surface area contributed by atoms with Crippen molar-refractivity contribution in [3.63, 3.8) is 0 Å². The predicted octanol–water partition coefficient (Wildman–Crippen LogP) is 5.58. The highest BCUT2D eigenvalue weighted by Gasteiger charge is 2.32. The van der Waals surface area contributed by atoms with Crippen LogP contribution in [-0.2, 0) is 16.6 Å². The summed E-state index contributed by atoms with van der Waals surface area (Å²) in [5, 5.41) is 8.72. The molecule has 130 valence electrons. The van der Waals surface area contributed by atoms with Crippen molar-refractivity contribution in [2.24, 2.45) is 0 Å². The first-order valence-electron chi connectivity index (χ1n) is 8.71. The van der Waals surface area contributed by atoms with Gasteiger partial charge in [-0.25, -0.2) is 0 Å². The normalized spacial score (nSPS) is 21.0. The topological polar surface area (TPSA) is 50.4 Å². The molecule has 0 saturated carbocycles. The molecule has 0 fully saturated rings. The molecule has 1 N–H and O–H groups in total. The van der Waals surface area contributed by atoms with E-state index in [0.29, 0.717) is 0 Å². The van der Waals surface area contributed by atoms with Gasteiger partial charge in [0.2, 0.25) is 0 Å². The third-order valence-electron chi connectivity index (χ3n) is 4.76. The third-order valence-corrected chi connectivity index (χ3v) is 4.76. The van der Waals surface area contributed by atoms with Gasteiger partial charge in [-0.05, 0) is 64.0 Å². The molecule has 24 heavy (non-hydrogen) atoms. The van der Waals surface area contributed by atoms with Gasteiger partial charge in [0.1, 0.15) is 5.76 Å². The Balaban J connectivity index is 1.85. The number of aryl methyl sites for hydroxylation is 1. The quantitative estimate of drug-likeness (QED) is 0.501. The number of furan rings is 1. The van der Waals surface area contributed by atoms with E-state index in [1.807, 2.05) is 0 Å². The standard InChI is InChI=1S/C21H28O3/c1-16(7-4-8-17(2)15-19(22)23)9-5-12-21(3)13-6-10-18-11-14-24-20(18)21/h5,9,11-12,14H,2,4,6-8,10,13,15H2,1,3H3,(H,22,23)/t21-/m1/s1. The van der Waals surface area contributed by atoms with E-state index in [0.717, 1.165) is 43.4 Å². The predicted molar refractivity (Wildman–Crippen MR) is 97.1 cm³/mol. The second-order valence-electron chi connectivity index (χ2n) is 7.09. The molecular weight excluding hydrogens is 300 g/mol. The number of hydrogen-bond acceptors (Lipinski definition) is 2. The van der Waals surface area contributed by atoms with E-state index in [2.05, 4.69) is 44.7 Å². The summed E-state index contributed by atoms with van der Waals surface area (Å²) in [6, 6.07) is 2.09. The van der Waals surface area contributed by atoms with Crippen LogP contribution in [0.2, 0.25) is 0 Å². The summed E-state index contributed by atoms with van der Waals surface area (Å²) in [6.07, 6.45) is 14.5. The van der Waals surface area contributed by atoms with Crippen molar-refractivity contribution in [1.29, 1.82) is 0 Å². The molecule has 1 heterocycles. The number of fused-ring (bicyclic) bond motifs is 1. The molecule has 1 aliphatic rings. The molecule has 1 aliphatic carbocycles. The maximum Gasteiger partial charge on any atom is 0.307 e. The Morgan fingerprint density at radius 2 is 2.25 bits per heavy atom. The smallest absolute Gasteiger partial charge is 0.307 e. The van der Waals surface area contributed by atoms with Crippen molar-refractivity contribution in [3.05, 3.63) is 59.6 Å². The molecular formula is C21H28O3. The average Bonchev–Trinajstić information content (AvgIpc) is 2.96. The molecule has 3 heteroatoms. The van der Waals surface area contributed by atoms with Crippen LogP contribution in [0.15, 0.2) is 52.7 Å². The van der Waals surface area contributed by atoms with Crippen LogP contribution in [-0.4, -0.2) is 11.1 Å². The van der Waals surface area contributed by atoms with E-state index in [9.17, 15) is 4.79 Å². The van der Waals surface area contributed by atoms with Crippen molar-refractivity contribution >= 4 is 5.97 Å². The van der Waals surface area contributed by atoms with E-state index in [-0.39, 0.29) is 11.8 Å². The van der Waals surface area contributed by atoms with Crippen molar-refractivity contribution in [1.82, 2.24) is 0 Å². The van der Waals surface area contributed by atoms with Crippen LogP contribution in [0.4, 0.5) is 0 Å². The van der Waals surface area contributed by atoms with Gasteiger partial charge in [-0.2, -0.15) is 0 Å². The molecule has 3 nitrogen and oxygen atoms in total. The lowest BCUT2D eigenvalue weighted by molar-refractivity contribution is -0.136. The largest absolute Gasteiger partial charge is 0.481 e. The fraction of sp³-hybridized carbons (Fsp3) is 0.476. The minimum absolute atomic E-state index is 0.0103. The summed E-state index contributed by atoms with van der Waals surface area (Å²) in [4.78, 5) is 10.6. The Labute approximate surface area is 144 Å². The van der Waals surface area contributed by atoms with E-state index in [1.165, 1.54) is 17.6 Å². The molecule has 1 atom stereocenters. The minimum atomic E-state index is -0.798. The molecule has 0 radical (unpaired) electrons. The van der Waals surface area contributed by atoms with Crippen LogP contribution in [0.1, 0.15) is 63.7 Å². The van der Waals surface area contributed by atoms with Gasteiger partial charge in [-0.1, -0.05) is 36.0 Å². The first kappa shape index (κ1) is 18.3. The van der Waals surface area contributed by atoms with E-state index >= 15 is 0 Å². The second kappa shape index (κ2) is 8.18. The van der Waals surface area contributed by atoms with Gasteiger partial charge in [-0.3, -0.25) is 4.79 Å². The van der Waals surface area contributed by atoms with Crippen LogP contribution in [0.5, 0.6) is 0 Å². The number of carboxylic acids is 1. The average molecular weight is 328 g/mol. The Morgan fingerprint density at radius 1 is 1.46 bits per heavy atom. The summed E-state index contributed by atoms with van der Waals surface area (Å²) in [5.74, 6) is 0.314. The Kier molecular flexibility index (Phi) is 6.24. The third kappa shape index (κ3) is 4.98. The van der Waals surface area contributed by atoms with Gasteiger partial charge >= 0.3 is 5.97 Å². The first-order valence-corrected chi connectivity index (χ1v) is 8.71. The number of rotatable bonds is 8. The number of allylic oxidation sites excluding steroid dienone is 4. The maximum absolute atomic E-state index is 10.6. The maximum atomic E-state index is 10.6. The highest BCUT2D eigenvalue weighted by Crippen LogP contribution is 2.38. The Bertz CT molecular complexity index is 648. The zero-order chi connectivity index (χ0) is 17.6. The number of aliphatic carboxylic acids is 1.